The van der Waals surface area contributed by atoms with Crippen LogP contribution in [0.2, 0.25) is 0 Å². The molecule has 0 amide bonds. The number of benzene rings is 1. The summed E-state index contributed by atoms with van der Waals surface area (Å²) < 4.78 is 25.8. The lowest BCUT2D eigenvalue weighted by molar-refractivity contribution is 0.0693. The SMILES string of the molecule is [2H]C([2H])([2H])Oc1cccc(-n2nccn2)c1C(=O)O. The van der Waals surface area contributed by atoms with Gasteiger partial charge in [-0.15, -0.1) is 0 Å². The fraction of sp³-hybridized carbons (Fsp3) is 0.100. The second-order valence-corrected chi connectivity index (χ2v) is 2.88. The van der Waals surface area contributed by atoms with Gasteiger partial charge in [0.15, 0.2) is 0 Å². The van der Waals surface area contributed by atoms with Crippen LogP contribution in [0.5, 0.6) is 5.75 Å². The molecule has 0 aliphatic heterocycles. The van der Waals surface area contributed by atoms with E-state index in [4.69, 9.17) is 4.11 Å². The zero-order chi connectivity index (χ0) is 14.0. The van der Waals surface area contributed by atoms with Crippen molar-refractivity contribution in [2.45, 2.75) is 0 Å². The molecule has 1 aromatic carbocycles. The maximum atomic E-state index is 11.3. The predicted molar refractivity (Wildman–Crippen MR) is 54.9 cm³/mol. The highest BCUT2D eigenvalue weighted by atomic mass is 16.5. The highest BCUT2D eigenvalue weighted by Gasteiger charge is 2.18. The first-order chi connectivity index (χ1) is 8.88. The number of rotatable bonds is 3. The predicted octanol–water partition coefficient (Wildman–Crippen LogP) is 0.974. The van der Waals surface area contributed by atoms with Crippen molar-refractivity contribution in [1.29, 1.82) is 0 Å². The molecule has 1 aromatic heterocycles. The van der Waals surface area contributed by atoms with Gasteiger partial charge >= 0.3 is 5.97 Å². The van der Waals surface area contributed by atoms with Gasteiger partial charge in [0.1, 0.15) is 17.0 Å². The standard InChI is InChI=1S/C10H9N3O3/c1-16-8-4-2-3-7(9(8)10(14)15)13-11-5-6-12-13/h2-6H,1H3,(H,14,15)/i1D3. The van der Waals surface area contributed by atoms with E-state index in [1.807, 2.05) is 0 Å². The fourth-order valence-electron chi connectivity index (χ4n) is 1.33. The molecule has 2 rings (SSSR count). The van der Waals surface area contributed by atoms with Crippen LogP contribution in [0.3, 0.4) is 0 Å². The minimum Gasteiger partial charge on any atom is -0.496 e. The highest BCUT2D eigenvalue weighted by Crippen LogP contribution is 2.24. The Morgan fingerprint density at radius 3 is 2.88 bits per heavy atom. The zero-order valence-corrected chi connectivity index (χ0v) is 7.99. The highest BCUT2D eigenvalue weighted by molar-refractivity contribution is 5.95. The molecular weight excluding hydrogens is 210 g/mol. The number of methoxy groups -OCH3 is 1. The Morgan fingerprint density at radius 1 is 1.50 bits per heavy atom. The van der Waals surface area contributed by atoms with Gasteiger partial charge in [-0.05, 0) is 12.1 Å². The molecule has 0 fully saturated rings. The van der Waals surface area contributed by atoms with Crippen LogP contribution < -0.4 is 4.74 Å². The van der Waals surface area contributed by atoms with Crippen LogP contribution in [0.1, 0.15) is 14.5 Å². The minimum atomic E-state index is -2.74. The van der Waals surface area contributed by atoms with Crippen molar-refractivity contribution in [1.82, 2.24) is 15.0 Å². The smallest absolute Gasteiger partial charge is 0.341 e. The molecule has 0 aliphatic carbocycles. The number of hydrogen-bond donors (Lipinski definition) is 1. The average molecular weight is 222 g/mol. The molecule has 16 heavy (non-hydrogen) atoms. The van der Waals surface area contributed by atoms with Gasteiger partial charge in [-0.1, -0.05) is 6.07 Å². The van der Waals surface area contributed by atoms with Gasteiger partial charge in [0.25, 0.3) is 0 Å². The molecule has 1 heterocycles. The van der Waals surface area contributed by atoms with Gasteiger partial charge in [0.2, 0.25) is 0 Å². The number of nitrogens with zero attached hydrogens (tertiary/aromatic N) is 3. The monoisotopic (exact) mass is 222 g/mol. The van der Waals surface area contributed by atoms with Crippen LogP contribution in [0.4, 0.5) is 0 Å². The van der Waals surface area contributed by atoms with E-state index in [1.54, 1.807) is 0 Å². The van der Waals surface area contributed by atoms with Crippen molar-refractivity contribution >= 4 is 5.97 Å². The normalized spacial score (nSPS) is 13.6. The number of hydrogen-bond acceptors (Lipinski definition) is 4. The zero-order valence-electron chi connectivity index (χ0n) is 11.0. The molecule has 1 N–H and O–H groups in total. The lowest BCUT2D eigenvalue weighted by atomic mass is 10.1. The number of carboxylic acid groups (broad SMARTS) is 1. The Labute approximate surface area is 95.3 Å². The minimum absolute atomic E-state index is 0.124. The van der Waals surface area contributed by atoms with E-state index in [-0.39, 0.29) is 17.0 Å². The molecule has 0 bridgehead atoms. The number of aromatic carboxylic acids is 1. The van der Waals surface area contributed by atoms with Crippen LogP contribution in [0.15, 0.2) is 30.6 Å². The molecule has 0 radical (unpaired) electrons. The first-order valence-corrected chi connectivity index (χ1v) is 4.30. The van der Waals surface area contributed by atoms with E-state index in [0.29, 0.717) is 0 Å². The molecule has 0 saturated heterocycles. The molecule has 0 unspecified atom stereocenters. The molecule has 0 aliphatic rings. The molecule has 0 atom stereocenters. The van der Waals surface area contributed by atoms with E-state index in [9.17, 15) is 9.90 Å². The largest absolute Gasteiger partial charge is 0.496 e. The number of carboxylic acids is 1. The third kappa shape index (κ3) is 1.60. The summed E-state index contributed by atoms with van der Waals surface area (Å²) in [7, 11) is -2.74. The van der Waals surface area contributed by atoms with E-state index in [0.717, 1.165) is 4.80 Å². The van der Waals surface area contributed by atoms with Gasteiger partial charge in [0, 0.05) is 0 Å². The summed E-state index contributed by atoms with van der Waals surface area (Å²) in [5.41, 5.74) is -0.186. The number of carbonyl (C=O) groups is 1. The van der Waals surface area contributed by atoms with Crippen molar-refractivity contribution in [2.24, 2.45) is 0 Å². The molecule has 82 valence electrons. The Balaban J connectivity index is 2.57. The maximum absolute atomic E-state index is 11.3. The summed E-state index contributed by atoms with van der Waals surface area (Å²) >= 11 is 0. The van der Waals surface area contributed by atoms with E-state index in [1.165, 1.54) is 30.6 Å². The third-order valence-electron chi connectivity index (χ3n) is 1.96. The van der Waals surface area contributed by atoms with Gasteiger partial charge in [-0.25, -0.2) is 4.79 Å². The van der Waals surface area contributed by atoms with Crippen LogP contribution in [0, 0.1) is 0 Å². The van der Waals surface area contributed by atoms with E-state index < -0.39 is 13.0 Å². The second kappa shape index (κ2) is 4.01. The Kier molecular flexibility index (Phi) is 1.75. The van der Waals surface area contributed by atoms with Gasteiger partial charge < -0.3 is 9.84 Å². The Hall–Kier alpha value is -2.37. The quantitative estimate of drug-likeness (QED) is 0.837. The molecule has 6 nitrogen and oxygen atoms in total. The van der Waals surface area contributed by atoms with Crippen LogP contribution in [-0.4, -0.2) is 33.1 Å². The lowest BCUT2D eigenvalue weighted by Gasteiger charge is -2.08. The van der Waals surface area contributed by atoms with Crippen molar-refractivity contribution in [3.63, 3.8) is 0 Å². The topological polar surface area (TPSA) is 77.2 Å². The molecule has 2 aromatic rings. The average Bonchev–Trinajstić information content (AvgIpc) is 2.79. The summed E-state index contributed by atoms with van der Waals surface area (Å²) in [5.74, 6) is -1.59. The van der Waals surface area contributed by atoms with E-state index in [2.05, 4.69) is 14.9 Å². The van der Waals surface area contributed by atoms with Gasteiger partial charge in [-0.3, -0.25) is 0 Å². The summed E-state index contributed by atoms with van der Waals surface area (Å²) in [6, 6.07) is 4.19. The van der Waals surface area contributed by atoms with Gasteiger partial charge in [0.05, 0.1) is 23.5 Å². The summed E-state index contributed by atoms with van der Waals surface area (Å²) in [5, 5.41) is 16.8. The summed E-state index contributed by atoms with van der Waals surface area (Å²) in [6.07, 6.45) is 2.76. The molecule has 6 heteroatoms. The summed E-state index contributed by atoms with van der Waals surface area (Å²) in [4.78, 5) is 12.4. The van der Waals surface area contributed by atoms with Crippen LogP contribution in [0.25, 0.3) is 5.69 Å². The third-order valence-corrected chi connectivity index (χ3v) is 1.96. The molecular formula is C10H9N3O3. The Morgan fingerprint density at radius 2 is 2.25 bits per heavy atom. The fourth-order valence-corrected chi connectivity index (χ4v) is 1.33. The lowest BCUT2D eigenvalue weighted by Crippen LogP contribution is -2.09. The Bertz CT molecular complexity index is 596. The number of aromatic nitrogens is 3. The van der Waals surface area contributed by atoms with Crippen molar-refractivity contribution in [3.8, 4) is 11.4 Å². The molecule has 0 saturated carbocycles. The second-order valence-electron chi connectivity index (χ2n) is 2.88. The van der Waals surface area contributed by atoms with Crippen molar-refractivity contribution in [2.75, 3.05) is 7.04 Å². The number of ether oxygens (including phenoxy) is 1. The van der Waals surface area contributed by atoms with Crippen LogP contribution >= 0.6 is 0 Å². The maximum Gasteiger partial charge on any atom is 0.341 e. The van der Waals surface area contributed by atoms with E-state index >= 15 is 0 Å². The first kappa shape index (κ1) is 7.00. The van der Waals surface area contributed by atoms with Crippen molar-refractivity contribution < 1.29 is 18.8 Å². The molecule has 0 spiro atoms. The van der Waals surface area contributed by atoms with Crippen LogP contribution in [-0.2, 0) is 0 Å². The van der Waals surface area contributed by atoms with Gasteiger partial charge in [-0.2, -0.15) is 15.0 Å². The first-order valence-electron chi connectivity index (χ1n) is 5.80. The van der Waals surface area contributed by atoms with Crippen molar-refractivity contribution in [3.05, 3.63) is 36.2 Å². The summed E-state index contributed by atoms with van der Waals surface area (Å²) in [6.45, 7) is 0.